The van der Waals surface area contributed by atoms with Crippen LogP contribution in [0.25, 0.3) is 0 Å². The molecule has 1 aliphatic rings. The SMILES string of the molecule is CCC1(CNC(C)Cc2ccccc2OC)CCC1. The number of rotatable bonds is 7. The number of hydrogen-bond donors (Lipinski definition) is 1. The van der Waals surface area contributed by atoms with E-state index in [0.717, 1.165) is 12.2 Å². The van der Waals surface area contributed by atoms with Gasteiger partial charge in [-0.3, -0.25) is 0 Å². The molecule has 106 valence electrons. The Hall–Kier alpha value is -1.02. The molecule has 0 saturated heterocycles. The molecule has 19 heavy (non-hydrogen) atoms. The first kappa shape index (κ1) is 14.4. The second-order valence-electron chi connectivity index (χ2n) is 6.01. The van der Waals surface area contributed by atoms with E-state index in [9.17, 15) is 0 Å². The van der Waals surface area contributed by atoms with Gasteiger partial charge in [-0.25, -0.2) is 0 Å². The highest BCUT2D eigenvalue weighted by atomic mass is 16.5. The molecule has 1 saturated carbocycles. The second-order valence-corrected chi connectivity index (χ2v) is 6.01. The summed E-state index contributed by atoms with van der Waals surface area (Å²) in [6, 6.07) is 8.82. The maximum absolute atomic E-state index is 5.42. The predicted molar refractivity (Wildman–Crippen MR) is 80.7 cm³/mol. The molecule has 1 fully saturated rings. The Morgan fingerprint density at radius 2 is 2.05 bits per heavy atom. The van der Waals surface area contributed by atoms with Crippen molar-refractivity contribution >= 4 is 0 Å². The summed E-state index contributed by atoms with van der Waals surface area (Å²) < 4.78 is 5.42. The first-order valence-corrected chi connectivity index (χ1v) is 7.54. The van der Waals surface area contributed by atoms with Gasteiger partial charge >= 0.3 is 0 Å². The maximum Gasteiger partial charge on any atom is 0.122 e. The maximum atomic E-state index is 5.42. The fourth-order valence-electron chi connectivity index (χ4n) is 3.00. The van der Waals surface area contributed by atoms with E-state index in [4.69, 9.17) is 4.74 Å². The number of para-hydroxylation sites is 1. The van der Waals surface area contributed by atoms with Crippen molar-refractivity contribution in [2.75, 3.05) is 13.7 Å². The fraction of sp³-hybridized carbons (Fsp3) is 0.647. The smallest absolute Gasteiger partial charge is 0.122 e. The van der Waals surface area contributed by atoms with Crippen molar-refractivity contribution in [3.8, 4) is 5.75 Å². The number of benzene rings is 1. The monoisotopic (exact) mass is 261 g/mol. The Morgan fingerprint density at radius 1 is 1.32 bits per heavy atom. The van der Waals surface area contributed by atoms with Crippen molar-refractivity contribution in [1.29, 1.82) is 0 Å². The molecule has 2 rings (SSSR count). The van der Waals surface area contributed by atoms with Crippen molar-refractivity contribution in [3.05, 3.63) is 29.8 Å². The molecule has 0 aliphatic heterocycles. The molecule has 0 radical (unpaired) electrons. The van der Waals surface area contributed by atoms with Crippen LogP contribution >= 0.6 is 0 Å². The van der Waals surface area contributed by atoms with E-state index < -0.39 is 0 Å². The lowest BCUT2D eigenvalue weighted by Crippen LogP contribution is -2.43. The predicted octanol–water partition coefficient (Wildman–Crippen LogP) is 3.80. The molecule has 2 heteroatoms. The second kappa shape index (κ2) is 6.42. The van der Waals surface area contributed by atoms with Gasteiger partial charge < -0.3 is 10.1 Å². The third-order valence-electron chi connectivity index (χ3n) is 4.71. The molecular formula is C17H27NO. The Balaban J connectivity index is 1.85. The first-order valence-electron chi connectivity index (χ1n) is 7.54. The van der Waals surface area contributed by atoms with E-state index in [1.54, 1.807) is 7.11 Å². The molecule has 0 bridgehead atoms. The molecular weight excluding hydrogens is 234 g/mol. The van der Waals surface area contributed by atoms with Crippen molar-refractivity contribution in [2.24, 2.45) is 5.41 Å². The lowest BCUT2D eigenvalue weighted by Gasteiger charge is -2.42. The zero-order valence-corrected chi connectivity index (χ0v) is 12.5. The Labute approximate surface area is 117 Å². The first-order chi connectivity index (χ1) is 9.19. The van der Waals surface area contributed by atoms with E-state index >= 15 is 0 Å². The summed E-state index contributed by atoms with van der Waals surface area (Å²) in [5, 5.41) is 3.72. The van der Waals surface area contributed by atoms with Crippen LogP contribution < -0.4 is 10.1 Å². The van der Waals surface area contributed by atoms with E-state index in [0.29, 0.717) is 11.5 Å². The quantitative estimate of drug-likeness (QED) is 0.806. The summed E-state index contributed by atoms with van der Waals surface area (Å²) in [5.74, 6) is 1.00. The summed E-state index contributed by atoms with van der Waals surface area (Å²) in [6.45, 7) is 5.76. The standard InChI is InChI=1S/C17H27NO/c1-4-17(10-7-11-17)13-18-14(2)12-15-8-5-6-9-16(15)19-3/h5-6,8-9,14,18H,4,7,10-13H2,1-3H3. The van der Waals surface area contributed by atoms with Crippen LogP contribution in [-0.4, -0.2) is 19.7 Å². The Kier molecular flexibility index (Phi) is 4.87. The van der Waals surface area contributed by atoms with Gasteiger partial charge in [0.1, 0.15) is 5.75 Å². The summed E-state index contributed by atoms with van der Waals surface area (Å²) in [6.07, 6.45) is 6.55. The highest BCUT2D eigenvalue weighted by molar-refractivity contribution is 5.33. The molecule has 1 atom stereocenters. The van der Waals surface area contributed by atoms with E-state index in [1.807, 2.05) is 12.1 Å². The van der Waals surface area contributed by atoms with Gasteiger partial charge in [0, 0.05) is 12.6 Å². The van der Waals surface area contributed by atoms with Gasteiger partial charge in [0.2, 0.25) is 0 Å². The van der Waals surface area contributed by atoms with Gasteiger partial charge in [-0.05, 0) is 49.7 Å². The minimum absolute atomic E-state index is 0.500. The minimum atomic E-state index is 0.500. The summed E-state index contributed by atoms with van der Waals surface area (Å²) in [7, 11) is 1.75. The highest BCUT2D eigenvalue weighted by Gasteiger charge is 2.34. The Morgan fingerprint density at radius 3 is 2.63 bits per heavy atom. The van der Waals surface area contributed by atoms with Gasteiger partial charge in [0.05, 0.1) is 7.11 Å². The number of methoxy groups -OCH3 is 1. The fourth-order valence-corrected chi connectivity index (χ4v) is 3.00. The lowest BCUT2D eigenvalue weighted by atomic mass is 9.67. The van der Waals surface area contributed by atoms with Crippen LogP contribution in [0.1, 0.15) is 45.1 Å². The van der Waals surface area contributed by atoms with E-state index in [-0.39, 0.29) is 0 Å². The molecule has 1 unspecified atom stereocenters. The summed E-state index contributed by atoms with van der Waals surface area (Å²) in [4.78, 5) is 0. The van der Waals surface area contributed by atoms with E-state index in [2.05, 4.69) is 31.3 Å². The van der Waals surface area contributed by atoms with Gasteiger partial charge in [0.15, 0.2) is 0 Å². The van der Waals surface area contributed by atoms with Crippen LogP contribution in [0.2, 0.25) is 0 Å². The normalized spacial score (nSPS) is 18.7. The molecule has 0 aromatic heterocycles. The molecule has 0 amide bonds. The average molecular weight is 261 g/mol. The third-order valence-corrected chi connectivity index (χ3v) is 4.71. The van der Waals surface area contributed by atoms with Crippen LogP contribution in [0.3, 0.4) is 0 Å². The van der Waals surface area contributed by atoms with Crippen LogP contribution in [0.4, 0.5) is 0 Å². The zero-order valence-electron chi connectivity index (χ0n) is 12.5. The van der Waals surface area contributed by atoms with Gasteiger partial charge in [0.25, 0.3) is 0 Å². The number of nitrogens with one attached hydrogen (secondary N) is 1. The molecule has 1 aromatic carbocycles. The highest BCUT2D eigenvalue weighted by Crippen LogP contribution is 2.43. The minimum Gasteiger partial charge on any atom is -0.496 e. The molecule has 2 nitrogen and oxygen atoms in total. The molecule has 1 aromatic rings. The van der Waals surface area contributed by atoms with Gasteiger partial charge in [-0.15, -0.1) is 0 Å². The molecule has 0 heterocycles. The number of hydrogen-bond acceptors (Lipinski definition) is 2. The molecule has 0 spiro atoms. The topological polar surface area (TPSA) is 21.3 Å². The van der Waals surface area contributed by atoms with Crippen molar-refractivity contribution in [1.82, 2.24) is 5.32 Å². The van der Waals surface area contributed by atoms with Crippen LogP contribution in [-0.2, 0) is 6.42 Å². The zero-order chi connectivity index (χ0) is 13.7. The summed E-state index contributed by atoms with van der Waals surface area (Å²) in [5.41, 5.74) is 1.89. The van der Waals surface area contributed by atoms with E-state index in [1.165, 1.54) is 37.8 Å². The lowest BCUT2D eigenvalue weighted by molar-refractivity contribution is 0.120. The van der Waals surface area contributed by atoms with Crippen LogP contribution in [0.5, 0.6) is 5.75 Å². The Bertz CT molecular complexity index is 392. The third kappa shape index (κ3) is 3.50. The van der Waals surface area contributed by atoms with Gasteiger partial charge in [-0.1, -0.05) is 31.5 Å². The summed E-state index contributed by atoms with van der Waals surface area (Å²) >= 11 is 0. The average Bonchev–Trinajstić information content (AvgIpc) is 2.38. The van der Waals surface area contributed by atoms with Crippen LogP contribution in [0, 0.1) is 5.41 Å². The number of ether oxygens (including phenoxy) is 1. The van der Waals surface area contributed by atoms with Crippen LogP contribution in [0.15, 0.2) is 24.3 Å². The van der Waals surface area contributed by atoms with Crippen molar-refractivity contribution < 1.29 is 4.74 Å². The van der Waals surface area contributed by atoms with Gasteiger partial charge in [-0.2, -0.15) is 0 Å². The molecule has 1 aliphatic carbocycles. The largest absolute Gasteiger partial charge is 0.496 e. The molecule has 1 N–H and O–H groups in total. The van der Waals surface area contributed by atoms with Crippen molar-refractivity contribution in [3.63, 3.8) is 0 Å². The van der Waals surface area contributed by atoms with Crippen molar-refractivity contribution in [2.45, 2.75) is 52.0 Å².